The first kappa shape index (κ1) is 25.6. The highest BCUT2D eigenvalue weighted by molar-refractivity contribution is 6.51. The third-order valence-electron chi connectivity index (χ3n) is 9.83. The highest BCUT2D eigenvalue weighted by atomic mass is 15.4. The third-order valence-corrected chi connectivity index (χ3v) is 9.83. The van der Waals surface area contributed by atoms with Crippen LogP contribution in [0.2, 0.25) is 0 Å². The largest absolute Gasteiger partial charge is 0.321 e. The maximum atomic E-state index is 5.62. The predicted molar refractivity (Wildman–Crippen MR) is 162 cm³/mol. The van der Waals surface area contributed by atoms with E-state index in [1.165, 1.54) is 97.8 Å². The molecule has 6 rings (SSSR count). The minimum atomic E-state index is 0.362. The molecule has 4 aliphatic rings. The Morgan fingerprint density at radius 1 is 0.526 bits per heavy atom. The highest BCUT2D eigenvalue weighted by Crippen LogP contribution is 2.39. The van der Waals surface area contributed by atoms with E-state index < -0.39 is 0 Å². The topological polar surface area (TPSA) is 31.2 Å². The van der Waals surface area contributed by atoms with E-state index in [1.807, 2.05) is 0 Å². The molecule has 0 N–H and O–H groups in total. The molecule has 38 heavy (non-hydrogen) atoms. The van der Waals surface area contributed by atoms with Gasteiger partial charge in [-0.1, -0.05) is 74.9 Å². The van der Waals surface area contributed by atoms with Crippen molar-refractivity contribution in [2.75, 3.05) is 22.9 Å². The number of aryl methyl sites for hydroxylation is 4. The van der Waals surface area contributed by atoms with Crippen molar-refractivity contribution in [1.29, 1.82) is 0 Å². The maximum absolute atomic E-state index is 5.62. The molecule has 0 saturated heterocycles. The summed E-state index contributed by atoms with van der Waals surface area (Å²) in [5, 5.41) is 0. The van der Waals surface area contributed by atoms with Crippen LogP contribution in [0.15, 0.2) is 46.4 Å². The third kappa shape index (κ3) is 4.80. The lowest BCUT2D eigenvalue weighted by atomic mass is 9.84. The van der Waals surface area contributed by atoms with Gasteiger partial charge in [0.25, 0.3) is 0 Å². The second-order valence-corrected chi connectivity index (χ2v) is 12.5. The Balaban J connectivity index is 1.46. The maximum Gasteiger partial charge on any atom is 0.172 e. The van der Waals surface area contributed by atoms with Gasteiger partial charge in [0.2, 0.25) is 0 Å². The molecule has 2 aliphatic carbocycles. The van der Waals surface area contributed by atoms with Crippen molar-refractivity contribution >= 4 is 23.0 Å². The van der Waals surface area contributed by atoms with Crippen LogP contribution in [0, 0.1) is 39.5 Å². The Hall–Kier alpha value is -2.62. The van der Waals surface area contributed by atoms with Gasteiger partial charge in [-0.05, 0) is 87.5 Å². The summed E-state index contributed by atoms with van der Waals surface area (Å²) in [7, 11) is 0. The van der Waals surface area contributed by atoms with Crippen LogP contribution in [0.25, 0.3) is 0 Å². The first-order valence-electron chi connectivity index (χ1n) is 15.3. The van der Waals surface area contributed by atoms with Crippen LogP contribution in [-0.4, -0.2) is 36.8 Å². The van der Waals surface area contributed by atoms with E-state index in [0.717, 1.165) is 24.8 Å². The fourth-order valence-electron chi connectivity index (χ4n) is 7.84. The lowest BCUT2D eigenvalue weighted by molar-refractivity contribution is 0.315. The van der Waals surface area contributed by atoms with Crippen LogP contribution < -0.4 is 9.80 Å². The molecule has 0 spiro atoms. The molecule has 4 heteroatoms. The average molecular weight is 511 g/mol. The number of hydrogen-bond donors (Lipinski definition) is 0. The Kier molecular flexibility index (Phi) is 7.33. The molecule has 202 valence electrons. The van der Waals surface area contributed by atoms with Gasteiger partial charge in [-0.25, -0.2) is 0 Å². The molecule has 2 aromatic rings. The highest BCUT2D eigenvalue weighted by Gasteiger charge is 2.42. The Morgan fingerprint density at radius 3 is 1.21 bits per heavy atom. The van der Waals surface area contributed by atoms with Gasteiger partial charge in [-0.2, -0.15) is 0 Å². The van der Waals surface area contributed by atoms with Gasteiger partial charge in [-0.3, -0.25) is 9.98 Å². The number of anilines is 2. The molecule has 2 atom stereocenters. The molecule has 2 aromatic carbocycles. The molecule has 4 nitrogen and oxygen atoms in total. The van der Waals surface area contributed by atoms with Gasteiger partial charge in [0.15, 0.2) is 11.7 Å². The molecule has 2 aliphatic heterocycles. The van der Waals surface area contributed by atoms with Crippen molar-refractivity contribution in [3.05, 3.63) is 58.7 Å². The number of benzene rings is 2. The van der Waals surface area contributed by atoms with Gasteiger partial charge in [-0.15, -0.1) is 0 Å². The summed E-state index contributed by atoms with van der Waals surface area (Å²) in [6.07, 6.45) is 13.5. The van der Waals surface area contributed by atoms with Crippen LogP contribution in [0.4, 0.5) is 11.4 Å². The van der Waals surface area contributed by atoms with Crippen molar-refractivity contribution in [3.8, 4) is 0 Å². The Labute approximate surface area is 230 Å². The molecule has 0 unspecified atom stereocenters. The lowest BCUT2D eigenvalue weighted by Crippen LogP contribution is -2.43. The molecule has 0 bridgehead atoms. The quantitative estimate of drug-likeness (QED) is 0.409. The molecular formula is C34H46N4. The van der Waals surface area contributed by atoms with Crippen LogP contribution in [-0.2, 0) is 0 Å². The van der Waals surface area contributed by atoms with E-state index in [2.05, 4.69) is 73.9 Å². The number of hydrogen-bond acceptors (Lipinski definition) is 4. The second-order valence-electron chi connectivity index (χ2n) is 12.5. The van der Waals surface area contributed by atoms with Gasteiger partial charge in [0.1, 0.15) is 0 Å². The van der Waals surface area contributed by atoms with E-state index >= 15 is 0 Å². The number of para-hydroxylation sites is 2. The molecule has 2 saturated carbocycles. The van der Waals surface area contributed by atoms with E-state index in [9.17, 15) is 0 Å². The molecule has 0 aromatic heterocycles. The second kappa shape index (κ2) is 10.9. The lowest BCUT2D eigenvalue weighted by Gasteiger charge is -2.31. The van der Waals surface area contributed by atoms with Crippen molar-refractivity contribution in [3.63, 3.8) is 0 Å². The zero-order valence-corrected chi connectivity index (χ0v) is 24.0. The molecule has 0 radical (unpaired) electrons. The van der Waals surface area contributed by atoms with Crippen molar-refractivity contribution in [1.82, 2.24) is 0 Å². The monoisotopic (exact) mass is 510 g/mol. The standard InChI is InChI=1S/C34H46N4/c1-23-13-11-14-24(2)31(23)37-21-29(27-17-7-5-8-18-27)35-33(37)34-36-30(28-19-9-6-10-20-28)22-38(34)32-25(3)15-12-16-26(32)4/h11-16,27-30H,5-10,17-22H2,1-4H3/t29-,30+. The van der Waals surface area contributed by atoms with Crippen LogP contribution >= 0.6 is 0 Å². The molecule has 0 amide bonds. The van der Waals surface area contributed by atoms with Crippen LogP contribution in [0.5, 0.6) is 0 Å². The summed E-state index contributed by atoms with van der Waals surface area (Å²) < 4.78 is 0. The summed E-state index contributed by atoms with van der Waals surface area (Å²) in [4.78, 5) is 16.4. The van der Waals surface area contributed by atoms with Crippen molar-refractivity contribution in [2.45, 2.75) is 104 Å². The van der Waals surface area contributed by atoms with Gasteiger partial charge in [0, 0.05) is 24.5 Å². The summed E-state index contributed by atoms with van der Waals surface area (Å²) in [5.41, 5.74) is 8.03. The summed E-state index contributed by atoms with van der Waals surface area (Å²) in [6.45, 7) is 11.0. The number of aliphatic imine (C=N–C) groups is 2. The fraction of sp³-hybridized carbons (Fsp3) is 0.588. The van der Waals surface area contributed by atoms with Crippen molar-refractivity contribution < 1.29 is 0 Å². The van der Waals surface area contributed by atoms with E-state index in [0.29, 0.717) is 23.9 Å². The van der Waals surface area contributed by atoms with E-state index in [1.54, 1.807) is 0 Å². The molecule has 2 heterocycles. The van der Waals surface area contributed by atoms with E-state index in [4.69, 9.17) is 9.98 Å². The first-order chi connectivity index (χ1) is 18.5. The Bertz CT molecular complexity index is 1080. The SMILES string of the molecule is Cc1cccc(C)c1N1C[C@@H](C2CCCCC2)N=C1C1=N[C@@H](C2CCCCC2)CN1c1c(C)cccc1C. The first-order valence-corrected chi connectivity index (χ1v) is 15.3. The van der Waals surface area contributed by atoms with Gasteiger partial charge >= 0.3 is 0 Å². The summed E-state index contributed by atoms with van der Waals surface area (Å²) in [6, 6.07) is 14.2. The predicted octanol–water partition coefficient (Wildman–Crippen LogP) is 7.96. The summed E-state index contributed by atoms with van der Waals surface area (Å²) >= 11 is 0. The fourth-order valence-corrected chi connectivity index (χ4v) is 7.84. The van der Waals surface area contributed by atoms with E-state index in [-0.39, 0.29) is 0 Å². The normalized spacial score (nSPS) is 25.2. The van der Waals surface area contributed by atoms with Crippen LogP contribution in [0.1, 0.15) is 86.5 Å². The van der Waals surface area contributed by atoms with Gasteiger partial charge in [0.05, 0.1) is 12.1 Å². The van der Waals surface area contributed by atoms with Crippen molar-refractivity contribution in [2.24, 2.45) is 21.8 Å². The minimum Gasteiger partial charge on any atom is -0.321 e. The average Bonchev–Trinajstić information content (AvgIpc) is 3.55. The molecule has 2 fully saturated rings. The number of amidine groups is 2. The zero-order chi connectivity index (χ0) is 26.2. The number of rotatable bonds is 5. The zero-order valence-electron chi connectivity index (χ0n) is 24.0. The van der Waals surface area contributed by atoms with Crippen LogP contribution in [0.3, 0.4) is 0 Å². The smallest absolute Gasteiger partial charge is 0.172 e. The Morgan fingerprint density at radius 2 is 0.868 bits per heavy atom. The minimum absolute atomic E-state index is 0.362. The molecular weight excluding hydrogens is 464 g/mol. The number of nitrogens with zero attached hydrogens (tertiary/aromatic N) is 4. The summed E-state index contributed by atoms with van der Waals surface area (Å²) in [5.74, 6) is 3.63. The van der Waals surface area contributed by atoms with Gasteiger partial charge < -0.3 is 9.80 Å².